The molecule has 4 heterocycles. The van der Waals surface area contributed by atoms with Crippen LogP contribution in [0.5, 0.6) is 0 Å². The highest BCUT2D eigenvalue weighted by Gasteiger charge is 2.34. The minimum atomic E-state index is 0.101. The van der Waals surface area contributed by atoms with Crippen LogP contribution in [-0.2, 0) is 11.3 Å². The van der Waals surface area contributed by atoms with E-state index in [1.807, 2.05) is 16.8 Å². The van der Waals surface area contributed by atoms with Crippen LogP contribution in [-0.4, -0.2) is 77.8 Å². The minimum Gasteiger partial charge on any atom is -0.394 e. The van der Waals surface area contributed by atoms with Crippen molar-refractivity contribution in [1.82, 2.24) is 20.2 Å². The zero-order valence-corrected chi connectivity index (χ0v) is 16.1. The molecule has 8 heteroatoms. The van der Waals surface area contributed by atoms with E-state index in [-0.39, 0.29) is 24.6 Å². The zero-order valence-electron chi connectivity index (χ0n) is 16.1. The molecule has 3 aliphatic heterocycles. The summed E-state index contributed by atoms with van der Waals surface area (Å²) in [6.45, 7) is 3.89. The minimum absolute atomic E-state index is 0.101. The van der Waals surface area contributed by atoms with E-state index in [0.717, 1.165) is 68.9 Å². The first-order valence-electron chi connectivity index (χ1n) is 10.1. The molecule has 4 rings (SSSR count). The number of aliphatic hydroxyl groups excluding tert-OH is 1. The van der Waals surface area contributed by atoms with Crippen LogP contribution in [0.4, 0.5) is 11.6 Å². The number of rotatable bonds is 3. The number of amides is 1. The monoisotopic (exact) mass is 374 g/mol. The molecule has 27 heavy (non-hydrogen) atoms. The molecule has 2 atom stereocenters. The molecule has 148 valence electrons. The molecule has 0 saturated carbocycles. The maximum Gasteiger partial charge on any atom is 0.242 e. The number of aliphatic hydroxyl groups is 1. The topological polar surface area (TPSA) is 84.8 Å². The Morgan fingerprint density at radius 1 is 1.11 bits per heavy atom. The van der Waals surface area contributed by atoms with Gasteiger partial charge in [-0.25, -0.2) is 9.97 Å². The van der Waals surface area contributed by atoms with Crippen molar-refractivity contribution in [3.8, 4) is 0 Å². The summed E-state index contributed by atoms with van der Waals surface area (Å²) < 4.78 is 0. The van der Waals surface area contributed by atoms with E-state index < -0.39 is 0 Å². The molecule has 2 saturated heterocycles. The lowest BCUT2D eigenvalue weighted by Crippen LogP contribution is -2.43. The summed E-state index contributed by atoms with van der Waals surface area (Å²) in [5.41, 5.74) is 1.02. The number of anilines is 2. The van der Waals surface area contributed by atoms with Crippen LogP contribution in [0.25, 0.3) is 0 Å². The molecule has 1 aromatic rings. The average molecular weight is 374 g/mol. The molecule has 2 unspecified atom stereocenters. The Hall–Kier alpha value is -1.93. The highest BCUT2D eigenvalue weighted by Crippen LogP contribution is 2.34. The normalized spacial score (nSPS) is 26.7. The van der Waals surface area contributed by atoms with Gasteiger partial charge in [0.15, 0.2) is 0 Å². The first-order chi connectivity index (χ1) is 13.2. The molecule has 2 fully saturated rings. The number of fused-ring (bicyclic) bond motifs is 1. The molecular weight excluding hydrogens is 344 g/mol. The number of hydrogen-bond acceptors (Lipinski definition) is 7. The molecule has 1 amide bonds. The molecule has 0 spiro atoms. The van der Waals surface area contributed by atoms with Gasteiger partial charge in [-0.2, -0.15) is 0 Å². The predicted molar refractivity (Wildman–Crippen MR) is 104 cm³/mol. The smallest absolute Gasteiger partial charge is 0.242 e. The molecule has 0 aromatic carbocycles. The molecule has 2 N–H and O–H groups in total. The van der Waals surface area contributed by atoms with Crippen molar-refractivity contribution in [3.05, 3.63) is 11.9 Å². The van der Waals surface area contributed by atoms with Gasteiger partial charge in [-0.1, -0.05) is 0 Å². The maximum absolute atomic E-state index is 13.0. The highest BCUT2D eigenvalue weighted by atomic mass is 16.3. The van der Waals surface area contributed by atoms with Crippen LogP contribution in [0.1, 0.15) is 37.7 Å². The first kappa shape index (κ1) is 18.4. The first-order valence-corrected chi connectivity index (χ1v) is 10.1. The van der Waals surface area contributed by atoms with E-state index in [1.165, 1.54) is 0 Å². The zero-order chi connectivity index (χ0) is 18.8. The Morgan fingerprint density at radius 2 is 1.96 bits per heavy atom. The SMILES string of the molecule is CN1CC(=O)N(C2CCCNCC2)Cc2c1ncnc2N1CCCC1CO. The molecule has 1 aromatic heterocycles. The molecule has 8 nitrogen and oxygen atoms in total. The van der Waals surface area contributed by atoms with Gasteiger partial charge in [-0.15, -0.1) is 0 Å². The molecular formula is C19H30N6O2. The second kappa shape index (κ2) is 7.98. The fourth-order valence-electron chi connectivity index (χ4n) is 4.69. The Bertz CT molecular complexity index is 676. The Labute approximate surface area is 160 Å². The fourth-order valence-corrected chi connectivity index (χ4v) is 4.69. The van der Waals surface area contributed by atoms with Crippen molar-refractivity contribution in [3.63, 3.8) is 0 Å². The van der Waals surface area contributed by atoms with Gasteiger partial charge in [0.1, 0.15) is 18.0 Å². The molecule has 3 aliphatic rings. The Morgan fingerprint density at radius 3 is 2.81 bits per heavy atom. The third-order valence-corrected chi connectivity index (χ3v) is 6.13. The van der Waals surface area contributed by atoms with E-state index in [1.54, 1.807) is 6.33 Å². The third kappa shape index (κ3) is 3.60. The van der Waals surface area contributed by atoms with Crippen LogP contribution in [0, 0.1) is 0 Å². The van der Waals surface area contributed by atoms with E-state index in [4.69, 9.17) is 0 Å². The van der Waals surface area contributed by atoms with Crippen molar-refractivity contribution in [2.75, 3.05) is 49.6 Å². The number of aromatic nitrogens is 2. The van der Waals surface area contributed by atoms with Gasteiger partial charge in [-0.05, 0) is 45.2 Å². The second-order valence-electron chi connectivity index (χ2n) is 7.88. The number of likely N-dealkylation sites (N-methyl/N-ethyl adjacent to an activating group) is 1. The number of carbonyl (C=O) groups excluding carboxylic acids is 1. The predicted octanol–water partition coefficient (Wildman–Crippen LogP) is 0.358. The van der Waals surface area contributed by atoms with Crippen molar-refractivity contribution in [1.29, 1.82) is 0 Å². The number of nitrogens with one attached hydrogen (secondary N) is 1. The summed E-state index contributed by atoms with van der Waals surface area (Å²) >= 11 is 0. The van der Waals surface area contributed by atoms with Gasteiger partial charge >= 0.3 is 0 Å². The van der Waals surface area contributed by atoms with Crippen molar-refractivity contribution >= 4 is 17.5 Å². The standard InChI is InChI=1S/C19H30N6O2/c1-23-11-17(27)25(14-4-2-7-20-8-6-14)10-16-18(23)21-13-22-19(16)24-9-3-5-15(24)12-26/h13-15,20,26H,2-12H2,1H3. The van der Waals surface area contributed by atoms with Crippen molar-refractivity contribution < 1.29 is 9.90 Å². The second-order valence-corrected chi connectivity index (χ2v) is 7.88. The third-order valence-electron chi connectivity index (χ3n) is 6.13. The van der Waals surface area contributed by atoms with Crippen LogP contribution in [0.15, 0.2) is 6.33 Å². The maximum atomic E-state index is 13.0. The largest absolute Gasteiger partial charge is 0.394 e. The summed E-state index contributed by atoms with van der Waals surface area (Å²) in [4.78, 5) is 28.3. The summed E-state index contributed by atoms with van der Waals surface area (Å²) in [5, 5.41) is 13.2. The van der Waals surface area contributed by atoms with Gasteiger partial charge in [0.05, 0.1) is 31.3 Å². The van der Waals surface area contributed by atoms with E-state index >= 15 is 0 Å². The van der Waals surface area contributed by atoms with Crippen LogP contribution < -0.4 is 15.1 Å². The summed E-state index contributed by atoms with van der Waals surface area (Å²) in [7, 11) is 1.93. The van der Waals surface area contributed by atoms with Gasteiger partial charge in [0.2, 0.25) is 5.91 Å². The quantitative estimate of drug-likeness (QED) is 0.790. The van der Waals surface area contributed by atoms with Crippen LogP contribution in [0.3, 0.4) is 0 Å². The van der Waals surface area contributed by atoms with Crippen molar-refractivity contribution in [2.45, 2.75) is 50.7 Å². The summed E-state index contributed by atoms with van der Waals surface area (Å²) in [6.07, 6.45) is 6.72. The Balaban J connectivity index is 1.70. The van der Waals surface area contributed by atoms with Crippen molar-refractivity contribution in [2.24, 2.45) is 0 Å². The van der Waals surface area contributed by atoms with E-state index in [9.17, 15) is 9.90 Å². The summed E-state index contributed by atoms with van der Waals surface area (Å²) in [5.74, 6) is 1.88. The Kier molecular flexibility index (Phi) is 5.45. The number of carbonyl (C=O) groups is 1. The van der Waals surface area contributed by atoms with Gasteiger partial charge in [-0.3, -0.25) is 4.79 Å². The lowest BCUT2D eigenvalue weighted by Gasteiger charge is -2.32. The molecule has 0 radical (unpaired) electrons. The number of nitrogens with zero attached hydrogens (tertiary/aromatic N) is 5. The molecule has 0 aliphatic carbocycles. The highest BCUT2D eigenvalue weighted by molar-refractivity contribution is 5.84. The van der Waals surface area contributed by atoms with Crippen LogP contribution in [0.2, 0.25) is 0 Å². The lowest BCUT2D eigenvalue weighted by molar-refractivity contribution is -0.132. The fraction of sp³-hybridized carbons (Fsp3) is 0.737. The van der Waals surface area contributed by atoms with E-state index in [2.05, 4.69) is 20.2 Å². The average Bonchev–Trinajstić information content (AvgIpc) is 2.92. The van der Waals surface area contributed by atoms with Crippen LogP contribution >= 0.6 is 0 Å². The van der Waals surface area contributed by atoms with Gasteiger partial charge < -0.3 is 25.1 Å². The van der Waals surface area contributed by atoms with Gasteiger partial charge in [0, 0.05) is 19.6 Å². The van der Waals surface area contributed by atoms with E-state index in [0.29, 0.717) is 13.1 Å². The molecule has 0 bridgehead atoms. The van der Waals surface area contributed by atoms with Gasteiger partial charge in [0.25, 0.3) is 0 Å². The lowest BCUT2D eigenvalue weighted by atomic mass is 10.1. The summed E-state index contributed by atoms with van der Waals surface area (Å²) in [6, 6.07) is 0.357. The number of hydrogen-bond donors (Lipinski definition) is 2.